The first-order chi connectivity index (χ1) is 13.7. The summed E-state index contributed by atoms with van der Waals surface area (Å²) < 4.78 is 1.95. The average molecular weight is 372 g/mol. The van der Waals surface area contributed by atoms with Crippen molar-refractivity contribution in [3.63, 3.8) is 0 Å². The Morgan fingerprint density at radius 2 is 1.96 bits per heavy atom. The first-order valence-corrected chi connectivity index (χ1v) is 9.53. The van der Waals surface area contributed by atoms with E-state index in [-0.39, 0.29) is 0 Å². The Balaban J connectivity index is 1.77. The van der Waals surface area contributed by atoms with Crippen LogP contribution in [0, 0.1) is 11.3 Å². The number of nitrogens with two attached hydrogens (primary N) is 1. The molecular formula is C22H24N6. The van der Waals surface area contributed by atoms with Gasteiger partial charge >= 0.3 is 0 Å². The molecule has 3 N–H and O–H groups in total. The maximum absolute atomic E-state index is 9.08. The number of hydrogen-bond donors (Lipinski definition) is 2. The van der Waals surface area contributed by atoms with Gasteiger partial charge < -0.3 is 16.0 Å². The number of hydrogen-bond acceptors (Lipinski definition) is 5. The summed E-state index contributed by atoms with van der Waals surface area (Å²) in [4.78, 5) is 2.25. The molecule has 1 atom stereocenters. The molecule has 0 amide bonds. The molecule has 1 aliphatic heterocycles. The van der Waals surface area contributed by atoms with Gasteiger partial charge in [-0.1, -0.05) is 24.3 Å². The van der Waals surface area contributed by atoms with Crippen LogP contribution in [-0.2, 0) is 6.54 Å². The number of nitrogens with zero attached hydrogens (tertiary/aromatic N) is 4. The summed E-state index contributed by atoms with van der Waals surface area (Å²) >= 11 is 0. The minimum Gasteiger partial charge on any atom is -0.354 e. The topological polar surface area (TPSA) is 82.9 Å². The van der Waals surface area contributed by atoms with Crippen molar-refractivity contribution in [1.82, 2.24) is 15.1 Å². The SMILES string of the molecule is CN(c1cc(-c2ccc(CN)cc2)n(-c2ccc(C#N)cc2)n1)C1CCNC1. The van der Waals surface area contributed by atoms with Gasteiger partial charge in [0.15, 0.2) is 5.82 Å². The summed E-state index contributed by atoms with van der Waals surface area (Å²) in [6, 6.07) is 20.5. The van der Waals surface area contributed by atoms with E-state index in [1.165, 1.54) is 0 Å². The molecule has 1 aromatic heterocycles. The Hall–Kier alpha value is -3.14. The van der Waals surface area contributed by atoms with Crippen molar-refractivity contribution in [2.24, 2.45) is 5.73 Å². The number of rotatable bonds is 5. The van der Waals surface area contributed by atoms with Gasteiger partial charge in [-0.3, -0.25) is 0 Å². The highest BCUT2D eigenvalue weighted by Gasteiger charge is 2.23. The third kappa shape index (κ3) is 3.50. The van der Waals surface area contributed by atoms with Crippen LogP contribution >= 0.6 is 0 Å². The van der Waals surface area contributed by atoms with Crippen molar-refractivity contribution in [1.29, 1.82) is 5.26 Å². The van der Waals surface area contributed by atoms with E-state index in [2.05, 4.69) is 53.7 Å². The van der Waals surface area contributed by atoms with Crippen molar-refractivity contribution in [2.45, 2.75) is 19.0 Å². The minimum atomic E-state index is 0.441. The highest BCUT2D eigenvalue weighted by Crippen LogP contribution is 2.29. The number of likely N-dealkylation sites (N-methyl/N-ethyl adjacent to an activating group) is 1. The molecule has 1 fully saturated rings. The van der Waals surface area contributed by atoms with Gasteiger partial charge in [0.1, 0.15) is 0 Å². The van der Waals surface area contributed by atoms with Gasteiger partial charge in [-0.25, -0.2) is 4.68 Å². The molecule has 0 aliphatic carbocycles. The van der Waals surface area contributed by atoms with Crippen LogP contribution in [0.1, 0.15) is 17.5 Å². The summed E-state index contributed by atoms with van der Waals surface area (Å²) in [7, 11) is 2.10. The third-order valence-electron chi connectivity index (χ3n) is 5.37. The molecule has 0 radical (unpaired) electrons. The molecule has 6 heteroatoms. The fraction of sp³-hybridized carbons (Fsp3) is 0.273. The lowest BCUT2D eigenvalue weighted by molar-refractivity contribution is 0.672. The summed E-state index contributed by atoms with van der Waals surface area (Å²) in [6.07, 6.45) is 1.11. The normalized spacial score (nSPS) is 16.1. The minimum absolute atomic E-state index is 0.441. The summed E-state index contributed by atoms with van der Waals surface area (Å²) in [5, 5.41) is 17.4. The molecule has 1 saturated heterocycles. The van der Waals surface area contributed by atoms with Gasteiger partial charge in [0.25, 0.3) is 0 Å². The zero-order valence-electron chi connectivity index (χ0n) is 16.0. The molecule has 2 heterocycles. The first-order valence-electron chi connectivity index (χ1n) is 9.53. The Morgan fingerprint density at radius 1 is 1.21 bits per heavy atom. The van der Waals surface area contributed by atoms with Crippen LogP contribution in [0.25, 0.3) is 16.9 Å². The van der Waals surface area contributed by atoms with Gasteiger partial charge in [0.05, 0.1) is 23.0 Å². The summed E-state index contributed by atoms with van der Waals surface area (Å²) in [6.45, 7) is 2.54. The second-order valence-corrected chi connectivity index (χ2v) is 7.12. The van der Waals surface area contributed by atoms with Crippen LogP contribution in [0.5, 0.6) is 0 Å². The van der Waals surface area contributed by atoms with Crippen molar-refractivity contribution in [3.8, 4) is 23.0 Å². The fourth-order valence-electron chi connectivity index (χ4n) is 3.59. The maximum atomic E-state index is 9.08. The van der Waals surface area contributed by atoms with E-state index < -0.39 is 0 Å². The molecule has 1 unspecified atom stereocenters. The number of nitriles is 1. The van der Waals surface area contributed by atoms with E-state index in [1.54, 1.807) is 0 Å². The molecule has 6 nitrogen and oxygen atoms in total. The molecule has 4 rings (SSSR count). The molecule has 2 aromatic carbocycles. The smallest absolute Gasteiger partial charge is 0.151 e. The zero-order chi connectivity index (χ0) is 19.5. The van der Waals surface area contributed by atoms with E-state index in [9.17, 15) is 0 Å². The van der Waals surface area contributed by atoms with Crippen LogP contribution in [0.15, 0.2) is 54.6 Å². The van der Waals surface area contributed by atoms with E-state index in [1.807, 2.05) is 28.9 Å². The highest BCUT2D eigenvalue weighted by atomic mass is 15.4. The Labute approximate surface area is 165 Å². The first kappa shape index (κ1) is 18.2. The molecular weight excluding hydrogens is 348 g/mol. The Bertz CT molecular complexity index is 975. The van der Waals surface area contributed by atoms with Gasteiger partial charge in [0, 0.05) is 37.8 Å². The van der Waals surface area contributed by atoms with Crippen LogP contribution in [0.4, 0.5) is 5.82 Å². The quantitative estimate of drug-likeness (QED) is 0.719. The maximum Gasteiger partial charge on any atom is 0.151 e. The lowest BCUT2D eigenvalue weighted by Crippen LogP contribution is -2.33. The zero-order valence-corrected chi connectivity index (χ0v) is 16.0. The number of nitrogens with one attached hydrogen (secondary N) is 1. The van der Waals surface area contributed by atoms with Gasteiger partial charge in [-0.15, -0.1) is 5.10 Å². The molecule has 0 spiro atoms. The second-order valence-electron chi connectivity index (χ2n) is 7.12. The Kier molecular flexibility index (Phi) is 5.11. The van der Waals surface area contributed by atoms with Crippen molar-refractivity contribution < 1.29 is 0 Å². The van der Waals surface area contributed by atoms with Gasteiger partial charge in [-0.05, 0) is 42.8 Å². The van der Waals surface area contributed by atoms with E-state index in [0.717, 1.165) is 47.8 Å². The van der Waals surface area contributed by atoms with Crippen molar-refractivity contribution in [3.05, 3.63) is 65.7 Å². The number of anilines is 1. The highest BCUT2D eigenvalue weighted by molar-refractivity contribution is 5.67. The average Bonchev–Trinajstić information content (AvgIpc) is 3.44. The van der Waals surface area contributed by atoms with Crippen LogP contribution in [-0.4, -0.2) is 36.0 Å². The van der Waals surface area contributed by atoms with Gasteiger partial charge in [0.2, 0.25) is 0 Å². The van der Waals surface area contributed by atoms with Crippen LogP contribution < -0.4 is 16.0 Å². The second kappa shape index (κ2) is 7.85. The largest absolute Gasteiger partial charge is 0.354 e. The molecule has 28 heavy (non-hydrogen) atoms. The molecule has 142 valence electrons. The van der Waals surface area contributed by atoms with E-state index in [0.29, 0.717) is 18.2 Å². The molecule has 0 bridgehead atoms. The molecule has 1 aliphatic rings. The van der Waals surface area contributed by atoms with Crippen LogP contribution in [0.3, 0.4) is 0 Å². The summed E-state index contributed by atoms with van der Waals surface area (Å²) in [5.41, 5.74) is 10.5. The lowest BCUT2D eigenvalue weighted by Gasteiger charge is -2.23. The fourth-order valence-corrected chi connectivity index (χ4v) is 3.59. The van der Waals surface area contributed by atoms with Gasteiger partial charge in [-0.2, -0.15) is 5.26 Å². The lowest BCUT2D eigenvalue weighted by atomic mass is 10.1. The number of aromatic nitrogens is 2. The van der Waals surface area contributed by atoms with Crippen molar-refractivity contribution in [2.75, 3.05) is 25.0 Å². The monoisotopic (exact) mass is 372 g/mol. The number of benzene rings is 2. The predicted molar refractivity (Wildman–Crippen MR) is 111 cm³/mol. The standard InChI is InChI=1S/C22H24N6/c1-27(20-10-11-25-15-20)22-12-21(18-6-2-16(13-23)3-7-18)28(26-22)19-8-4-17(14-24)5-9-19/h2-9,12,20,25H,10-11,13,15,23H2,1H3. The third-order valence-corrected chi connectivity index (χ3v) is 5.37. The molecule has 0 saturated carbocycles. The predicted octanol–water partition coefficient (Wildman–Crippen LogP) is 2.67. The van der Waals surface area contributed by atoms with Crippen molar-refractivity contribution >= 4 is 5.82 Å². The van der Waals surface area contributed by atoms with Crippen LogP contribution in [0.2, 0.25) is 0 Å². The molecule has 3 aromatic rings. The van der Waals surface area contributed by atoms with E-state index in [4.69, 9.17) is 16.1 Å². The van der Waals surface area contributed by atoms with E-state index >= 15 is 0 Å². The summed E-state index contributed by atoms with van der Waals surface area (Å²) in [5.74, 6) is 0.941. The Morgan fingerprint density at radius 3 is 2.57 bits per heavy atom.